The highest BCUT2D eigenvalue weighted by atomic mass is 32.1. The van der Waals surface area contributed by atoms with Crippen LogP contribution in [-0.2, 0) is 0 Å². The number of benzene rings is 3. The van der Waals surface area contributed by atoms with E-state index in [-0.39, 0.29) is 6.30 Å². The number of fused-ring (bicyclic) bond motifs is 4. The van der Waals surface area contributed by atoms with Crippen molar-refractivity contribution in [2.75, 3.05) is 0 Å². The van der Waals surface area contributed by atoms with Crippen LogP contribution in [0.2, 0.25) is 19.6 Å². The molecular formula is C29H30N2SSi. The standard InChI is InChI=1S/C29H30N2SSi/c1-33(2,3)26-17-22(15-21-11-7-8-12-23(21)26)27-29-28(31-18-30-27)24-14-13-20(16-25(24)32-29)19-9-5-4-6-10-19/h7-8,11-19H,4-6,9-10H2,1-3H3/i18D,19D. The first kappa shape index (κ1) is 18.8. The molecule has 2 heterocycles. The van der Waals surface area contributed by atoms with E-state index in [0.29, 0.717) is 0 Å². The van der Waals surface area contributed by atoms with Crippen LogP contribution in [0.4, 0.5) is 0 Å². The molecule has 0 radical (unpaired) electrons. The minimum absolute atomic E-state index is 0.0585. The monoisotopic (exact) mass is 468 g/mol. The highest BCUT2D eigenvalue weighted by Crippen LogP contribution is 2.41. The van der Waals surface area contributed by atoms with Gasteiger partial charge in [0.2, 0.25) is 0 Å². The SMILES string of the molecule is [2H]c1nc(-c2cc([Si](C)(C)C)c3ccccc3c2)c2sc3cc(C4([2H])CCCCC4)ccc3c2n1. The van der Waals surface area contributed by atoms with E-state index in [4.69, 9.17) is 2.74 Å². The average Bonchev–Trinajstić information content (AvgIpc) is 3.20. The maximum absolute atomic E-state index is 9.09. The van der Waals surface area contributed by atoms with Gasteiger partial charge < -0.3 is 0 Å². The summed E-state index contributed by atoms with van der Waals surface area (Å²) in [4.78, 5) is 9.24. The molecule has 3 aromatic carbocycles. The minimum atomic E-state index is -1.62. The van der Waals surface area contributed by atoms with Gasteiger partial charge in [0.1, 0.15) is 7.67 Å². The van der Waals surface area contributed by atoms with Crippen molar-refractivity contribution in [3.8, 4) is 11.3 Å². The van der Waals surface area contributed by atoms with Crippen LogP contribution >= 0.6 is 11.3 Å². The Hall–Kier alpha value is -2.56. The number of rotatable bonds is 3. The lowest BCUT2D eigenvalue weighted by Gasteiger charge is -2.21. The zero-order chi connectivity index (χ0) is 24.4. The molecule has 1 fully saturated rings. The van der Waals surface area contributed by atoms with Crippen LogP contribution in [0, 0.1) is 0 Å². The molecule has 1 saturated carbocycles. The smallest absolute Gasteiger partial charge is 0.116 e. The fourth-order valence-electron chi connectivity index (χ4n) is 5.28. The summed E-state index contributed by atoms with van der Waals surface area (Å²) in [6, 6.07) is 19.6. The van der Waals surface area contributed by atoms with Crippen LogP contribution in [0.3, 0.4) is 0 Å². The zero-order valence-electron chi connectivity index (χ0n) is 21.5. The molecule has 0 bridgehead atoms. The number of hydrogen-bond donors (Lipinski definition) is 0. The van der Waals surface area contributed by atoms with E-state index < -0.39 is 14.0 Å². The predicted octanol–water partition coefficient (Wildman–Crippen LogP) is 8.26. The van der Waals surface area contributed by atoms with Gasteiger partial charge in [-0.05, 0) is 47.2 Å². The van der Waals surface area contributed by atoms with Crippen molar-refractivity contribution in [1.82, 2.24) is 9.97 Å². The van der Waals surface area contributed by atoms with Crippen molar-refractivity contribution >= 4 is 55.7 Å². The summed E-state index contributed by atoms with van der Waals surface area (Å²) in [5.74, 6) is -0.484. The lowest BCUT2D eigenvalue weighted by molar-refractivity contribution is 0.444. The highest BCUT2D eigenvalue weighted by Gasteiger charge is 2.22. The van der Waals surface area contributed by atoms with Gasteiger partial charge in [-0.1, -0.05) is 86.6 Å². The van der Waals surface area contributed by atoms with Crippen LogP contribution < -0.4 is 5.19 Å². The van der Waals surface area contributed by atoms with Gasteiger partial charge in [-0.3, -0.25) is 0 Å². The molecule has 0 aliphatic heterocycles. The third kappa shape index (κ3) is 3.70. The van der Waals surface area contributed by atoms with E-state index in [2.05, 4.69) is 84.2 Å². The first-order chi connectivity index (χ1) is 16.7. The first-order valence-corrected chi connectivity index (χ1v) is 16.3. The van der Waals surface area contributed by atoms with Crippen LogP contribution in [0.25, 0.3) is 42.3 Å². The van der Waals surface area contributed by atoms with E-state index in [1.807, 2.05) is 0 Å². The number of nitrogens with zero attached hydrogens (tertiary/aromatic N) is 2. The van der Waals surface area contributed by atoms with Crippen LogP contribution in [0.15, 0.2) is 60.9 Å². The lowest BCUT2D eigenvalue weighted by Crippen LogP contribution is -2.38. The zero-order valence-corrected chi connectivity index (χ0v) is 21.4. The molecule has 0 atom stereocenters. The third-order valence-corrected chi connectivity index (χ3v) is 10.2. The molecular weight excluding hydrogens is 436 g/mol. The average molecular weight is 469 g/mol. The van der Waals surface area contributed by atoms with E-state index in [9.17, 15) is 0 Å². The Morgan fingerprint density at radius 1 is 0.939 bits per heavy atom. The Morgan fingerprint density at radius 3 is 2.58 bits per heavy atom. The van der Waals surface area contributed by atoms with Crippen LogP contribution in [-0.4, -0.2) is 18.0 Å². The Morgan fingerprint density at radius 2 is 1.76 bits per heavy atom. The van der Waals surface area contributed by atoms with Gasteiger partial charge in [0.15, 0.2) is 0 Å². The molecule has 0 amide bonds. The van der Waals surface area contributed by atoms with Gasteiger partial charge in [-0.2, -0.15) is 0 Å². The topological polar surface area (TPSA) is 25.8 Å². The second-order valence-electron chi connectivity index (χ2n) is 10.3. The molecule has 2 aromatic heterocycles. The Balaban J connectivity index is 1.59. The molecule has 0 saturated heterocycles. The maximum atomic E-state index is 9.09. The number of thiophene rings is 1. The lowest BCUT2D eigenvalue weighted by atomic mass is 9.84. The van der Waals surface area contributed by atoms with Gasteiger partial charge in [0, 0.05) is 17.0 Å². The first-order valence-electron chi connectivity index (χ1n) is 13.0. The Kier molecular flexibility index (Phi) is 4.58. The summed E-state index contributed by atoms with van der Waals surface area (Å²) in [5.41, 5.74) is 3.89. The predicted molar refractivity (Wildman–Crippen MR) is 147 cm³/mol. The van der Waals surface area contributed by atoms with Crippen molar-refractivity contribution < 1.29 is 2.74 Å². The maximum Gasteiger partial charge on any atom is 0.116 e. The molecule has 0 spiro atoms. The molecule has 5 aromatic rings. The van der Waals surface area contributed by atoms with Crippen molar-refractivity contribution in [3.05, 3.63) is 66.5 Å². The molecule has 4 heteroatoms. The molecule has 33 heavy (non-hydrogen) atoms. The summed E-state index contributed by atoms with van der Waals surface area (Å²) < 4.78 is 19.7. The van der Waals surface area contributed by atoms with Crippen molar-refractivity contribution in [2.45, 2.75) is 57.6 Å². The van der Waals surface area contributed by atoms with Crippen LogP contribution in [0.5, 0.6) is 0 Å². The van der Waals surface area contributed by atoms with E-state index in [1.165, 1.54) is 22.4 Å². The van der Waals surface area contributed by atoms with Crippen molar-refractivity contribution in [3.63, 3.8) is 0 Å². The molecule has 2 nitrogen and oxygen atoms in total. The van der Waals surface area contributed by atoms with Crippen molar-refractivity contribution in [2.24, 2.45) is 0 Å². The van der Waals surface area contributed by atoms with E-state index >= 15 is 0 Å². The van der Waals surface area contributed by atoms with Crippen molar-refractivity contribution in [1.29, 1.82) is 0 Å². The van der Waals surface area contributed by atoms with E-state index in [0.717, 1.165) is 62.8 Å². The Labute approximate surface area is 203 Å². The summed E-state index contributed by atoms with van der Waals surface area (Å²) in [6.07, 6.45) is 5.43. The second kappa shape index (κ2) is 8.03. The molecule has 6 rings (SSSR count). The normalized spacial score (nSPS) is 17.4. The fourth-order valence-corrected chi connectivity index (χ4v) is 8.10. The van der Waals surface area contributed by atoms with Gasteiger partial charge in [-0.25, -0.2) is 9.97 Å². The molecule has 0 N–H and O–H groups in total. The largest absolute Gasteiger partial charge is 0.235 e. The van der Waals surface area contributed by atoms with Gasteiger partial charge in [0.05, 0.1) is 24.0 Å². The molecule has 1 aliphatic rings. The summed E-state index contributed by atoms with van der Waals surface area (Å²) in [5, 5.41) is 5.02. The molecule has 1 aliphatic carbocycles. The molecule has 0 unspecified atom stereocenters. The quantitative estimate of drug-likeness (QED) is 0.249. The van der Waals surface area contributed by atoms with E-state index in [1.54, 1.807) is 11.3 Å². The minimum Gasteiger partial charge on any atom is -0.235 e. The molecule has 166 valence electrons. The second-order valence-corrected chi connectivity index (χ2v) is 16.4. The summed E-state index contributed by atoms with van der Waals surface area (Å²) in [6.45, 7) is 7.15. The van der Waals surface area contributed by atoms with Gasteiger partial charge in [0.25, 0.3) is 0 Å². The third-order valence-electron chi connectivity index (χ3n) is 7.01. The Bertz CT molecular complexity index is 1600. The number of hydrogen-bond acceptors (Lipinski definition) is 3. The number of aromatic nitrogens is 2. The fraction of sp³-hybridized carbons (Fsp3) is 0.310. The van der Waals surface area contributed by atoms with Crippen LogP contribution in [0.1, 0.15) is 46.3 Å². The summed E-state index contributed by atoms with van der Waals surface area (Å²) >= 11 is 1.71. The summed E-state index contributed by atoms with van der Waals surface area (Å²) in [7, 11) is -1.62. The van der Waals surface area contributed by atoms with Gasteiger partial charge >= 0.3 is 0 Å². The van der Waals surface area contributed by atoms with Gasteiger partial charge in [-0.15, -0.1) is 11.3 Å². The highest BCUT2D eigenvalue weighted by molar-refractivity contribution is 7.26.